The summed E-state index contributed by atoms with van der Waals surface area (Å²) in [4.78, 5) is 33.1. The number of hydrogen-bond acceptors (Lipinski definition) is 7. The lowest BCUT2D eigenvalue weighted by atomic mass is 9.86. The van der Waals surface area contributed by atoms with E-state index in [4.69, 9.17) is 30.8 Å². The largest absolute Gasteiger partial charge is 0.473 e. The van der Waals surface area contributed by atoms with Gasteiger partial charge in [-0.2, -0.15) is 0 Å². The number of halogens is 2. The van der Waals surface area contributed by atoms with Gasteiger partial charge in [0.05, 0.1) is 48.5 Å². The first-order valence-corrected chi connectivity index (χ1v) is 15.4. The molecule has 228 valence electrons. The summed E-state index contributed by atoms with van der Waals surface area (Å²) in [6.07, 6.45) is 2.88. The van der Waals surface area contributed by atoms with E-state index < -0.39 is 11.4 Å². The Labute approximate surface area is 259 Å². The van der Waals surface area contributed by atoms with E-state index in [2.05, 4.69) is 9.47 Å². The molecule has 1 aromatic heterocycles. The summed E-state index contributed by atoms with van der Waals surface area (Å²) in [5, 5.41) is 0.267. The molecule has 0 amide bonds. The molecule has 0 N–H and O–H groups in total. The molecule has 0 aliphatic carbocycles. The van der Waals surface area contributed by atoms with Crippen LogP contribution >= 0.6 is 11.6 Å². The fourth-order valence-corrected chi connectivity index (χ4v) is 6.87. The highest BCUT2D eigenvalue weighted by Crippen LogP contribution is 2.47. The van der Waals surface area contributed by atoms with Crippen molar-refractivity contribution in [2.24, 2.45) is 0 Å². The van der Waals surface area contributed by atoms with Gasteiger partial charge < -0.3 is 18.8 Å². The normalized spacial score (nSPS) is 22.1. The summed E-state index contributed by atoms with van der Waals surface area (Å²) >= 11 is 5.97. The Hall–Kier alpha value is -3.79. The molecule has 7 rings (SSSR count). The second kappa shape index (κ2) is 11.3. The molecule has 0 bridgehead atoms. The topological polar surface area (TPSA) is 82.9 Å². The summed E-state index contributed by atoms with van der Waals surface area (Å²) in [6.45, 7) is 5.41. The molecule has 3 aromatic carbocycles. The first-order chi connectivity index (χ1) is 21.2. The van der Waals surface area contributed by atoms with Crippen molar-refractivity contribution >= 4 is 34.4 Å². The second-order valence-corrected chi connectivity index (χ2v) is 12.4. The predicted molar refractivity (Wildman–Crippen MR) is 163 cm³/mol. The van der Waals surface area contributed by atoms with Crippen molar-refractivity contribution in [2.75, 3.05) is 26.8 Å². The molecule has 44 heavy (non-hydrogen) atoms. The van der Waals surface area contributed by atoms with E-state index in [1.54, 1.807) is 25.1 Å². The Morgan fingerprint density at radius 1 is 1.14 bits per heavy atom. The number of fused-ring (bicyclic) bond motifs is 2. The smallest absolute Gasteiger partial charge is 0.337 e. The number of esters is 1. The number of aromatic nitrogens is 2. The Morgan fingerprint density at radius 2 is 1.93 bits per heavy atom. The number of ketones is 1. The maximum Gasteiger partial charge on any atom is 0.337 e. The number of ether oxygens (including phenoxy) is 3. The minimum atomic E-state index is -1.45. The lowest BCUT2D eigenvalue weighted by Gasteiger charge is -2.33. The number of methoxy groups -OCH3 is 1. The van der Waals surface area contributed by atoms with Crippen LogP contribution in [0.15, 0.2) is 54.6 Å². The highest BCUT2D eigenvalue weighted by molar-refractivity contribution is 6.30. The zero-order valence-electron chi connectivity index (χ0n) is 24.6. The Bertz CT molecular complexity index is 1780. The van der Waals surface area contributed by atoms with E-state index >= 15 is 0 Å². The monoisotopic (exact) mass is 617 g/mol. The maximum atomic E-state index is 14.9. The van der Waals surface area contributed by atoms with Crippen LogP contribution in [0.1, 0.15) is 69.8 Å². The van der Waals surface area contributed by atoms with Crippen LogP contribution in [-0.4, -0.2) is 59.1 Å². The van der Waals surface area contributed by atoms with Crippen LogP contribution in [0, 0.1) is 5.82 Å². The third-order valence-corrected chi connectivity index (χ3v) is 9.53. The van der Waals surface area contributed by atoms with Crippen LogP contribution in [0.5, 0.6) is 5.75 Å². The van der Waals surface area contributed by atoms with E-state index in [0.29, 0.717) is 30.0 Å². The van der Waals surface area contributed by atoms with Gasteiger partial charge in [0.1, 0.15) is 17.4 Å². The number of piperidine rings is 1. The van der Waals surface area contributed by atoms with Crippen molar-refractivity contribution < 1.29 is 28.2 Å². The average Bonchev–Trinajstić information content (AvgIpc) is 3.47. The van der Waals surface area contributed by atoms with Gasteiger partial charge in [0.15, 0.2) is 5.60 Å². The van der Waals surface area contributed by atoms with Gasteiger partial charge in [-0.05, 0) is 87.2 Å². The number of nitrogens with zero attached hydrogens (tertiary/aromatic N) is 3. The summed E-state index contributed by atoms with van der Waals surface area (Å²) < 4.78 is 34.1. The van der Waals surface area contributed by atoms with Crippen molar-refractivity contribution in [1.29, 1.82) is 0 Å². The van der Waals surface area contributed by atoms with Gasteiger partial charge in [-0.15, -0.1) is 0 Å². The van der Waals surface area contributed by atoms with Crippen LogP contribution in [0.3, 0.4) is 0 Å². The number of likely N-dealkylation sites (tertiary alicyclic amines) is 1. The molecule has 2 saturated heterocycles. The molecule has 1 unspecified atom stereocenters. The third-order valence-electron chi connectivity index (χ3n) is 9.30. The Balaban J connectivity index is 1.10. The number of Topliss-reactive ketones (excluding diaryl/α,β-unsaturated/α-hetero) is 1. The van der Waals surface area contributed by atoms with Gasteiger partial charge in [-0.1, -0.05) is 29.8 Å². The highest BCUT2D eigenvalue weighted by Gasteiger charge is 2.48. The van der Waals surface area contributed by atoms with Crippen molar-refractivity contribution in [3.05, 3.63) is 93.5 Å². The first-order valence-electron chi connectivity index (χ1n) is 15.0. The van der Waals surface area contributed by atoms with E-state index in [-0.39, 0.29) is 34.4 Å². The lowest BCUT2D eigenvalue weighted by molar-refractivity contribution is -0.0592. The number of carbonyl (C=O) groups is 2. The van der Waals surface area contributed by atoms with Gasteiger partial charge in [0, 0.05) is 17.2 Å². The zero-order valence-corrected chi connectivity index (χ0v) is 25.4. The molecule has 0 radical (unpaired) electrons. The fourth-order valence-electron chi connectivity index (χ4n) is 6.71. The molecule has 2 atom stereocenters. The fraction of sp³-hybridized carbons (Fsp3) is 0.382. The van der Waals surface area contributed by atoms with Gasteiger partial charge in [0.25, 0.3) is 0 Å². The third kappa shape index (κ3) is 4.97. The number of hydrogen-bond donors (Lipinski definition) is 0. The second-order valence-electron chi connectivity index (χ2n) is 12.0. The van der Waals surface area contributed by atoms with Crippen LogP contribution in [0.2, 0.25) is 5.02 Å². The molecule has 10 heteroatoms. The summed E-state index contributed by atoms with van der Waals surface area (Å²) in [5.41, 5.74) is 2.43. The maximum absolute atomic E-state index is 14.9. The molecule has 0 spiro atoms. The molecule has 0 saturated carbocycles. The lowest BCUT2D eigenvalue weighted by Crippen LogP contribution is -2.35. The van der Waals surface area contributed by atoms with Crippen molar-refractivity contribution in [3.8, 4) is 5.75 Å². The summed E-state index contributed by atoms with van der Waals surface area (Å²) in [7, 11) is 1.38. The average molecular weight is 618 g/mol. The number of para-hydroxylation sites is 1. The van der Waals surface area contributed by atoms with Crippen LogP contribution in [0.4, 0.5) is 4.39 Å². The minimum Gasteiger partial charge on any atom is -0.473 e. The SMILES string of the molecule is COC(=O)c1ccc2nc(CN3CCC(c4cccc5c4OC(C)(c4ccc(Cl)cc4F)C5=O)CC3)n(C[C@@H]3CCO3)c2c1. The minimum absolute atomic E-state index is 0.133. The molecule has 3 aliphatic heterocycles. The summed E-state index contributed by atoms with van der Waals surface area (Å²) in [6, 6.07) is 15.5. The number of imidazole rings is 1. The molecular formula is C34H33ClFN3O5. The quantitative estimate of drug-likeness (QED) is 0.226. The van der Waals surface area contributed by atoms with Crippen LogP contribution < -0.4 is 4.74 Å². The number of carbonyl (C=O) groups excluding carboxylic acids is 2. The van der Waals surface area contributed by atoms with E-state index in [9.17, 15) is 14.0 Å². The first kappa shape index (κ1) is 29.0. The van der Waals surface area contributed by atoms with Crippen molar-refractivity contribution in [2.45, 2.75) is 56.9 Å². The molecular weight excluding hydrogens is 585 g/mol. The van der Waals surface area contributed by atoms with Crippen molar-refractivity contribution in [1.82, 2.24) is 14.5 Å². The van der Waals surface area contributed by atoms with Crippen LogP contribution in [0.25, 0.3) is 11.0 Å². The van der Waals surface area contributed by atoms with Crippen LogP contribution in [-0.2, 0) is 28.2 Å². The van der Waals surface area contributed by atoms with Gasteiger partial charge >= 0.3 is 5.97 Å². The van der Waals surface area contributed by atoms with E-state index in [0.717, 1.165) is 61.4 Å². The van der Waals surface area contributed by atoms with Gasteiger partial charge in [0.2, 0.25) is 5.78 Å². The number of rotatable bonds is 7. The molecule has 4 heterocycles. The van der Waals surface area contributed by atoms with Gasteiger partial charge in [-0.3, -0.25) is 9.69 Å². The number of benzene rings is 3. The molecule has 2 fully saturated rings. The molecule has 3 aliphatic rings. The molecule has 8 nitrogen and oxygen atoms in total. The predicted octanol–water partition coefficient (Wildman–Crippen LogP) is 6.27. The zero-order chi connectivity index (χ0) is 30.6. The standard InChI is InChI=1S/C34H33ClFN3O5/c1-34(26-8-7-22(35)17-27(26)36)32(40)25-5-3-4-24(31(25)44-34)20-10-13-38(14-11-20)19-30-37-28-9-6-21(33(41)42-2)16-29(28)39(30)18-23-12-15-43-23/h3-9,16-17,20,23H,10-15,18-19H2,1-2H3/t23-,34?/m0/s1. The highest BCUT2D eigenvalue weighted by atomic mass is 35.5. The van der Waals surface area contributed by atoms with Crippen molar-refractivity contribution in [3.63, 3.8) is 0 Å². The van der Waals surface area contributed by atoms with E-state index in [1.165, 1.54) is 19.2 Å². The Kier molecular flexibility index (Phi) is 7.43. The van der Waals surface area contributed by atoms with E-state index in [1.807, 2.05) is 24.3 Å². The summed E-state index contributed by atoms with van der Waals surface area (Å²) in [5.74, 6) is 0.490. The Morgan fingerprint density at radius 3 is 2.64 bits per heavy atom. The molecule has 4 aromatic rings. The van der Waals surface area contributed by atoms with Gasteiger partial charge in [-0.25, -0.2) is 14.2 Å².